The summed E-state index contributed by atoms with van der Waals surface area (Å²) in [6.45, 7) is 7.82. The summed E-state index contributed by atoms with van der Waals surface area (Å²) >= 11 is 0. The van der Waals surface area contributed by atoms with Crippen LogP contribution in [0.5, 0.6) is 0 Å². The van der Waals surface area contributed by atoms with Gasteiger partial charge < -0.3 is 5.73 Å². The van der Waals surface area contributed by atoms with Gasteiger partial charge in [-0.3, -0.25) is 0 Å². The average Bonchev–Trinajstić information content (AvgIpc) is 2.27. The van der Waals surface area contributed by atoms with Gasteiger partial charge in [-0.1, -0.05) is 20.8 Å². The highest BCUT2D eigenvalue weighted by atomic mass is 32.2. The first kappa shape index (κ1) is 15.9. The molecule has 1 aliphatic rings. The van der Waals surface area contributed by atoms with Crippen molar-refractivity contribution in [2.24, 2.45) is 17.6 Å². The van der Waals surface area contributed by atoms with Crippen LogP contribution >= 0.6 is 0 Å². The Kier molecular flexibility index (Phi) is 6.04. The largest absolute Gasteiger partial charge is 0.329 e. The summed E-state index contributed by atoms with van der Waals surface area (Å²) < 4.78 is 28.8. The Bertz CT molecular complexity index is 343. The molecule has 1 rings (SSSR count). The lowest BCUT2D eigenvalue weighted by atomic mass is 10.0. The van der Waals surface area contributed by atoms with Gasteiger partial charge in [0.2, 0.25) is 0 Å². The van der Waals surface area contributed by atoms with Gasteiger partial charge in [-0.25, -0.2) is 0 Å². The molecule has 1 aliphatic heterocycles. The number of hydrogen-bond donors (Lipinski definition) is 2. The second-order valence-corrected chi connectivity index (χ2v) is 7.49. The van der Waals surface area contributed by atoms with E-state index in [0.717, 1.165) is 19.3 Å². The Labute approximate surface area is 111 Å². The molecule has 2 atom stereocenters. The monoisotopic (exact) mass is 277 g/mol. The third-order valence-electron chi connectivity index (χ3n) is 3.32. The first-order chi connectivity index (χ1) is 8.35. The fraction of sp³-hybridized carbons (Fsp3) is 1.00. The van der Waals surface area contributed by atoms with Crippen molar-refractivity contribution >= 4 is 10.2 Å². The van der Waals surface area contributed by atoms with Crippen LogP contribution in [0.4, 0.5) is 0 Å². The van der Waals surface area contributed by atoms with Gasteiger partial charge in [0.15, 0.2) is 0 Å². The second-order valence-electron chi connectivity index (χ2n) is 5.79. The fourth-order valence-electron chi connectivity index (χ4n) is 2.41. The van der Waals surface area contributed by atoms with Gasteiger partial charge in [0.1, 0.15) is 0 Å². The van der Waals surface area contributed by atoms with E-state index in [-0.39, 0.29) is 6.04 Å². The molecule has 0 aliphatic carbocycles. The van der Waals surface area contributed by atoms with E-state index in [1.165, 1.54) is 0 Å². The molecule has 2 unspecified atom stereocenters. The van der Waals surface area contributed by atoms with Crippen LogP contribution in [0.3, 0.4) is 0 Å². The second kappa shape index (κ2) is 6.84. The number of hydrogen-bond acceptors (Lipinski definition) is 3. The zero-order valence-electron chi connectivity index (χ0n) is 11.7. The third-order valence-corrected chi connectivity index (χ3v) is 4.96. The minimum atomic E-state index is -3.37. The molecule has 0 spiro atoms. The molecular formula is C12H27N3O2S. The van der Waals surface area contributed by atoms with Crippen LogP contribution in [0.25, 0.3) is 0 Å². The van der Waals surface area contributed by atoms with Crippen molar-refractivity contribution < 1.29 is 8.42 Å². The molecule has 0 aromatic heterocycles. The van der Waals surface area contributed by atoms with Crippen LogP contribution in [0.2, 0.25) is 0 Å². The van der Waals surface area contributed by atoms with Crippen molar-refractivity contribution in [3.63, 3.8) is 0 Å². The normalized spacial score (nSPS) is 24.4. The fourth-order valence-corrected chi connectivity index (χ4v) is 3.99. The van der Waals surface area contributed by atoms with Gasteiger partial charge in [0.25, 0.3) is 10.2 Å². The number of rotatable bonds is 6. The number of piperidine rings is 1. The maximum Gasteiger partial charge on any atom is 0.279 e. The molecule has 1 fully saturated rings. The Morgan fingerprint density at radius 2 is 2.11 bits per heavy atom. The zero-order chi connectivity index (χ0) is 13.8. The molecule has 0 bridgehead atoms. The van der Waals surface area contributed by atoms with E-state index in [1.807, 2.05) is 0 Å². The van der Waals surface area contributed by atoms with E-state index >= 15 is 0 Å². The van der Waals surface area contributed by atoms with Crippen LogP contribution in [0, 0.1) is 11.8 Å². The summed E-state index contributed by atoms with van der Waals surface area (Å²) in [7, 11) is -3.37. The van der Waals surface area contributed by atoms with Crippen molar-refractivity contribution in [1.29, 1.82) is 0 Å². The van der Waals surface area contributed by atoms with Crippen LogP contribution < -0.4 is 10.5 Å². The molecule has 6 heteroatoms. The van der Waals surface area contributed by atoms with Gasteiger partial charge >= 0.3 is 0 Å². The van der Waals surface area contributed by atoms with Crippen molar-refractivity contribution in [3.05, 3.63) is 0 Å². The van der Waals surface area contributed by atoms with Crippen LogP contribution in [0.15, 0.2) is 0 Å². The Morgan fingerprint density at radius 1 is 1.44 bits per heavy atom. The molecule has 0 saturated carbocycles. The average molecular weight is 277 g/mol. The van der Waals surface area contributed by atoms with Gasteiger partial charge in [-0.15, -0.1) is 0 Å². The smallest absolute Gasteiger partial charge is 0.279 e. The predicted molar refractivity (Wildman–Crippen MR) is 74.3 cm³/mol. The first-order valence-electron chi connectivity index (χ1n) is 6.82. The lowest BCUT2D eigenvalue weighted by Crippen LogP contribution is -2.50. The van der Waals surface area contributed by atoms with Gasteiger partial charge in [-0.2, -0.15) is 17.4 Å². The SMILES string of the molecule is CC(C)CC(CN)NS(=O)(=O)N1CCCC(C)C1. The molecule has 0 aromatic carbocycles. The molecule has 0 amide bonds. The van der Waals surface area contributed by atoms with Crippen molar-refractivity contribution in [3.8, 4) is 0 Å². The highest BCUT2D eigenvalue weighted by Gasteiger charge is 2.28. The quantitative estimate of drug-likeness (QED) is 0.758. The van der Waals surface area contributed by atoms with Gasteiger partial charge in [0, 0.05) is 25.7 Å². The maximum absolute atomic E-state index is 12.2. The van der Waals surface area contributed by atoms with Crippen molar-refractivity contribution in [2.75, 3.05) is 19.6 Å². The highest BCUT2D eigenvalue weighted by molar-refractivity contribution is 7.87. The lowest BCUT2D eigenvalue weighted by Gasteiger charge is -2.31. The highest BCUT2D eigenvalue weighted by Crippen LogP contribution is 2.18. The summed E-state index contributed by atoms with van der Waals surface area (Å²) in [5.74, 6) is 0.873. The third kappa shape index (κ3) is 4.84. The minimum Gasteiger partial charge on any atom is -0.329 e. The zero-order valence-corrected chi connectivity index (χ0v) is 12.5. The number of nitrogens with two attached hydrogens (primary N) is 1. The van der Waals surface area contributed by atoms with Crippen LogP contribution in [0.1, 0.15) is 40.0 Å². The summed E-state index contributed by atoms with van der Waals surface area (Å²) in [5.41, 5.74) is 5.64. The molecule has 18 heavy (non-hydrogen) atoms. The first-order valence-corrected chi connectivity index (χ1v) is 8.26. The van der Waals surface area contributed by atoms with E-state index in [9.17, 15) is 8.42 Å². The van der Waals surface area contributed by atoms with E-state index < -0.39 is 10.2 Å². The van der Waals surface area contributed by atoms with Crippen LogP contribution in [-0.4, -0.2) is 38.4 Å². The van der Waals surface area contributed by atoms with Gasteiger partial charge in [-0.05, 0) is 31.1 Å². The summed E-state index contributed by atoms with van der Waals surface area (Å²) in [5, 5.41) is 0. The van der Waals surface area contributed by atoms with E-state index in [4.69, 9.17) is 5.73 Å². The van der Waals surface area contributed by atoms with Gasteiger partial charge in [0.05, 0.1) is 0 Å². The van der Waals surface area contributed by atoms with E-state index in [0.29, 0.717) is 31.5 Å². The summed E-state index contributed by atoms with van der Waals surface area (Å²) in [4.78, 5) is 0. The molecule has 108 valence electrons. The molecule has 1 saturated heterocycles. The Hall–Kier alpha value is -0.170. The summed E-state index contributed by atoms with van der Waals surface area (Å²) in [6, 6.07) is -0.160. The standard InChI is InChI=1S/C12H27N3O2S/c1-10(2)7-12(8-13)14-18(16,17)15-6-4-5-11(3)9-15/h10-12,14H,4-9,13H2,1-3H3. The Morgan fingerprint density at radius 3 is 2.61 bits per heavy atom. The van der Waals surface area contributed by atoms with Crippen molar-refractivity contribution in [1.82, 2.24) is 9.03 Å². The molecule has 1 heterocycles. The number of nitrogens with one attached hydrogen (secondary N) is 1. The van der Waals surface area contributed by atoms with Crippen molar-refractivity contribution in [2.45, 2.75) is 46.1 Å². The minimum absolute atomic E-state index is 0.160. The van der Waals surface area contributed by atoms with E-state index in [1.54, 1.807) is 4.31 Å². The van der Waals surface area contributed by atoms with Crippen LogP contribution in [-0.2, 0) is 10.2 Å². The predicted octanol–water partition coefficient (Wildman–Crippen LogP) is 0.926. The maximum atomic E-state index is 12.2. The number of nitrogens with zero attached hydrogens (tertiary/aromatic N) is 1. The molecular weight excluding hydrogens is 250 g/mol. The lowest BCUT2D eigenvalue weighted by molar-refractivity contribution is 0.275. The molecule has 0 radical (unpaired) electrons. The summed E-state index contributed by atoms with van der Waals surface area (Å²) in [6.07, 6.45) is 2.83. The molecule has 5 nitrogen and oxygen atoms in total. The topological polar surface area (TPSA) is 75.4 Å². The Balaban J connectivity index is 2.62. The molecule has 0 aromatic rings. The molecule has 3 N–H and O–H groups in total. The van der Waals surface area contributed by atoms with E-state index in [2.05, 4.69) is 25.5 Å².